The summed E-state index contributed by atoms with van der Waals surface area (Å²) in [6.07, 6.45) is 1.58. The van der Waals surface area contributed by atoms with Crippen molar-refractivity contribution in [1.82, 2.24) is 9.99 Å². The molecule has 2 aromatic heterocycles. The van der Waals surface area contributed by atoms with Gasteiger partial charge in [-0.1, -0.05) is 22.0 Å². The van der Waals surface area contributed by atoms with Crippen molar-refractivity contribution in [3.63, 3.8) is 0 Å². The molecule has 0 saturated carbocycles. The van der Waals surface area contributed by atoms with Crippen LogP contribution in [-0.2, 0) is 4.74 Å². The third-order valence-corrected chi connectivity index (χ3v) is 5.90. The molecule has 0 bridgehead atoms. The first-order valence-corrected chi connectivity index (χ1v) is 11.7. The van der Waals surface area contributed by atoms with Crippen molar-refractivity contribution in [3.05, 3.63) is 81.3 Å². The zero-order valence-electron chi connectivity index (χ0n) is 19.7. The molecule has 4 rings (SSSR count). The number of rotatable bonds is 7. The Morgan fingerprint density at radius 2 is 1.97 bits per heavy atom. The lowest BCUT2D eigenvalue weighted by Crippen LogP contribution is -2.16. The normalized spacial score (nSPS) is 11.2. The molecule has 0 aliphatic rings. The van der Waals surface area contributed by atoms with Crippen LogP contribution >= 0.6 is 15.9 Å². The minimum atomic E-state index is -0.480. The number of nitrogens with one attached hydrogen (secondary N) is 1. The summed E-state index contributed by atoms with van der Waals surface area (Å²) in [7, 11) is 1.54. The molecule has 2 heterocycles. The highest BCUT2D eigenvalue weighted by Gasteiger charge is 2.16. The van der Waals surface area contributed by atoms with Crippen LogP contribution in [0.1, 0.15) is 44.8 Å². The van der Waals surface area contributed by atoms with E-state index in [0.717, 1.165) is 32.5 Å². The summed E-state index contributed by atoms with van der Waals surface area (Å²) in [4.78, 5) is 24.7. The number of aryl methyl sites for hydroxylation is 1. The summed E-state index contributed by atoms with van der Waals surface area (Å²) in [5.74, 6) is -0.199. The highest BCUT2D eigenvalue weighted by atomic mass is 79.9. The van der Waals surface area contributed by atoms with E-state index in [1.807, 2.05) is 42.7 Å². The van der Waals surface area contributed by atoms with E-state index in [1.165, 1.54) is 7.11 Å². The Morgan fingerprint density at radius 3 is 2.71 bits per heavy atom. The van der Waals surface area contributed by atoms with E-state index >= 15 is 0 Å². The number of aromatic nitrogens is 1. The fourth-order valence-corrected chi connectivity index (χ4v) is 4.32. The summed E-state index contributed by atoms with van der Waals surface area (Å²) in [5.41, 5.74) is 6.98. The van der Waals surface area contributed by atoms with Gasteiger partial charge in [-0.3, -0.25) is 4.79 Å². The summed E-state index contributed by atoms with van der Waals surface area (Å²) < 4.78 is 18.9. The minimum Gasteiger partial charge on any atom is -0.493 e. The van der Waals surface area contributed by atoms with Crippen LogP contribution in [0.2, 0.25) is 0 Å². The maximum Gasteiger partial charge on any atom is 0.338 e. The molecule has 2 aromatic carbocycles. The molecule has 0 aliphatic heterocycles. The van der Waals surface area contributed by atoms with E-state index in [4.69, 9.17) is 13.9 Å². The van der Waals surface area contributed by atoms with Crippen LogP contribution in [0.3, 0.4) is 0 Å². The maximum absolute atomic E-state index is 12.6. The molecule has 0 radical (unpaired) electrons. The molecule has 0 atom stereocenters. The standard InChI is InChI=1S/C26H24BrN3O5/c1-5-34-26(32)17-7-6-8-21(11-17)30-15(2)9-19(16(30)3)14-28-29-25(31)23-12-18-10-20(27)13-22(33-4)24(18)35-23/h6-14H,5H2,1-4H3,(H,29,31)/b28-14+. The number of fused-ring (bicyclic) bond motifs is 1. The molecule has 0 spiro atoms. The quantitative estimate of drug-likeness (QED) is 0.189. The van der Waals surface area contributed by atoms with Crippen LogP contribution in [0.4, 0.5) is 0 Å². The lowest BCUT2D eigenvalue weighted by atomic mass is 10.2. The molecule has 1 amide bonds. The van der Waals surface area contributed by atoms with Gasteiger partial charge >= 0.3 is 11.9 Å². The Hall–Kier alpha value is -3.85. The average Bonchev–Trinajstić information content (AvgIpc) is 3.39. The van der Waals surface area contributed by atoms with E-state index in [-0.39, 0.29) is 11.7 Å². The van der Waals surface area contributed by atoms with Crippen LogP contribution in [0.5, 0.6) is 5.75 Å². The molecular formula is C26H24BrN3O5. The first-order valence-electron chi connectivity index (χ1n) is 10.9. The predicted molar refractivity (Wildman–Crippen MR) is 137 cm³/mol. The van der Waals surface area contributed by atoms with Gasteiger partial charge in [0.1, 0.15) is 0 Å². The first-order chi connectivity index (χ1) is 16.8. The van der Waals surface area contributed by atoms with Gasteiger partial charge in [-0.15, -0.1) is 0 Å². The van der Waals surface area contributed by atoms with Gasteiger partial charge in [-0.2, -0.15) is 5.10 Å². The van der Waals surface area contributed by atoms with Crippen LogP contribution in [-0.4, -0.2) is 36.4 Å². The van der Waals surface area contributed by atoms with Crippen LogP contribution in [0, 0.1) is 13.8 Å². The molecule has 8 nitrogen and oxygen atoms in total. The number of carbonyl (C=O) groups excluding carboxylic acids is 2. The lowest BCUT2D eigenvalue weighted by molar-refractivity contribution is 0.0526. The fourth-order valence-electron chi connectivity index (χ4n) is 3.87. The Kier molecular flexibility index (Phi) is 7.07. The topological polar surface area (TPSA) is 95.1 Å². The van der Waals surface area contributed by atoms with E-state index in [1.54, 1.807) is 37.4 Å². The zero-order chi connectivity index (χ0) is 25.1. The van der Waals surface area contributed by atoms with Gasteiger partial charge < -0.3 is 18.5 Å². The smallest absolute Gasteiger partial charge is 0.338 e. The molecule has 35 heavy (non-hydrogen) atoms. The molecule has 4 aromatic rings. The van der Waals surface area contributed by atoms with Crippen LogP contribution in [0.15, 0.2) is 62.5 Å². The van der Waals surface area contributed by atoms with Gasteiger partial charge in [-0.05, 0) is 63.2 Å². The molecule has 0 saturated heterocycles. The summed E-state index contributed by atoms with van der Waals surface area (Å²) in [5, 5.41) is 4.85. The third kappa shape index (κ3) is 5.00. The van der Waals surface area contributed by atoms with Crippen molar-refractivity contribution in [3.8, 4) is 11.4 Å². The average molecular weight is 538 g/mol. The number of esters is 1. The van der Waals surface area contributed by atoms with Crippen LogP contribution in [0.25, 0.3) is 16.7 Å². The number of benzene rings is 2. The predicted octanol–water partition coefficient (Wildman–Crippen LogP) is 5.55. The van der Waals surface area contributed by atoms with Crippen molar-refractivity contribution < 1.29 is 23.5 Å². The van der Waals surface area contributed by atoms with Gasteiger partial charge in [0.25, 0.3) is 0 Å². The van der Waals surface area contributed by atoms with E-state index in [2.05, 4.69) is 26.5 Å². The maximum atomic E-state index is 12.6. The third-order valence-electron chi connectivity index (χ3n) is 5.45. The van der Waals surface area contributed by atoms with Crippen LogP contribution < -0.4 is 10.2 Å². The second kappa shape index (κ2) is 10.2. The van der Waals surface area contributed by atoms with Gasteiger partial charge in [0.05, 0.1) is 25.5 Å². The molecule has 0 aliphatic carbocycles. The monoisotopic (exact) mass is 537 g/mol. The number of ether oxygens (including phenoxy) is 2. The highest BCUT2D eigenvalue weighted by molar-refractivity contribution is 9.10. The van der Waals surface area contributed by atoms with Crippen molar-refractivity contribution in [2.24, 2.45) is 5.10 Å². The lowest BCUT2D eigenvalue weighted by Gasteiger charge is -2.11. The Bertz CT molecular complexity index is 1450. The molecule has 1 N–H and O–H groups in total. The SMILES string of the molecule is CCOC(=O)c1cccc(-n2c(C)cc(/C=N/NC(=O)c3cc4cc(Br)cc(OC)c4o3)c2C)c1. The van der Waals surface area contributed by atoms with Gasteiger partial charge in [-0.25, -0.2) is 10.2 Å². The second-order valence-corrected chi connectivity index (χ2v) is 8.68. The van der Waals surface area contributed by atoms with Gasteiger partial charge in [0.2, 0.25) is 0 Å². The van der Waals surface area contributed by atoms with Gasteiger partial charge in [0.15, 0.2) is 17.1 Å². The van der Waals surface area contributed by atoms with E-state index in [0.29, 0.717) is 23.5 Å². The fraction of sp³-hybridized carbons (Fsp3) is 0.192. The van der Waals surface area contributed by atoms with Crippen molar-refractivity contribution in [1.29, 1.82) is 0 Å². The number of methoxy groups -OCH3 is 1. The summed E-state index contributed by atoms with van der Waals surface area (Å²) in [6, 6.07) is 14.4. The van der Waals surface area contributed by atoms with E-state index in [9.17, 15) is 9.59 Å². The van der Waals surface area contributed by atoms with Crippen molar-refractivity contribution in [2.75, 3.05) is 13.7 Å². The number of hydrogen-bond donors (Lipinski definition) is 1. The number of hydrogen-bond acceptors (Lipinski definition) is 6. The Morgan fingerprint density at radius 1 is 1.17 bits per heavy atom. The first kappa shape index (κ1) is 24.3. The molecule has 0 unspecified atom stereocenters. The molecule has 0 fully saturated rings. The van der Waals surface area contributed by atoms with E-state index < -0.39 is 5.91 Å². The molecule has 9 heteroatoms. The van der Waals surface area contributed by atoms with Crippen molar-refractivity contribution in [2.45, 2.75) is 20.8 Å². The van der Waals surface area contributed by atoms with Crippen molar-refractivity contribution >= 4 is 45.0 Å². The number of carbonyl (C=O) groups is 2. The number of furan rings is 1. The largest absolute Gasteiger partial charge is 0.493 e. The minimum absolute atomic E-state index is 0.120. The molecular weight excluding hydrogens is 514 g/mol. The summed E-state index contributed by atoms with van der Waals surface area (Å²) >= 11 is 3.42. The number of halogens is 1. The molecule has 180 valence electrons. The zero-order valence-corrected chi connectivity index (χ0v) is 21.3. The Balaban J connectivity index is 1.54. The second-order valence-electron chi connectivity index (χ2n) is 7.77. The number of amides is 1. The highest BCUT2D eigenvalue weighted by Crippen LogP contribution is 2.32. The van der Waals surface area contributed by atoms with Gasteiger partial charge in [0, 0.05) is 32.5 Å². The summed E-state index contributed by atoms with van der Waals surface area (Å²) in [6.45, 7) is 5.99. The Labute approximate surface area is 210 Å². The number of hydrazone groups is 1. The number of nitrogens with zero attached hydrogens (tertiary/aromatic N) is 2.